The third-order valence-corrected chi connectivity index (χ3v) is 5.26. The van der Waals surface area contributed by atoms with Crippen LogP contribution in [-0.4, -0.2) is 30.2 Å². The summed E-state index contributed by atoms with van der Waals surface area (Å²) in [7, 11) is 0. The Hall–Kier alpha value is -1.75. The van der Waals surface area contributed by atoms with Crippen molar-refractivity contribution in [1.82, 2.24) is 5.32 Å². The molecule has 2 atom stereocenters. The largest absolute Gasteiger partial charge is 0.464 e. The van der Waals surface area contributed by atoms with Crippen molar-refractivity contribution in [2.45, 2.75) is 31.7 Å². The molecule has 1 aliphatic heterocycles. The number of Topliss-reactive ketones (excluding diaryl/α,β-unsaturated/α-hetero) is 1. The summed E-state index contributed by atoms with van der Waals surface area (Å²) in [6.07, 6.45) is 1.32. The number of ketones is 1. The van der Waals surface area contributed by atoms with Gasteiger partial charge in [-0.1, -0.05) is 30.3 Å². The molecule has 0 aromatic heterocycles. The standard InChI is InChI=1S/C17H19NO3S/c1-2-21-17(20)14-10-22-16-13(18-14)8-12(9-15(16)19)11-6-4-3-5-7-11/h3-7,12,14,18H,2,8-10H2,1H3. The zero-order valence-corrected chi connectivity index (χ0v) is 13.3. The Morgan fingerprint density at radius 3 is 2.82 bits per heavy atom. The second kappa shape index (κ2) is 6.57. The number of rotatable bonds is 3. The third kappa shape index (κ3) is 3.04. The highest BCUT2D eigenvalue weighted by atomic mass is 32.2. The van der Waals surface area contributed by atoms with Crippen LogP contribution in [0.2, 0.25) is 0 Å². The first-order valence-corrected chi connectivity index (χ1v) is 8.55. The lowest BCUT2D eigenvalue weighted by molar-refractivity contribution is -0.144. The quantitative estimate of drug-likeness (QED) is 0.869. The minimum absolute atomic E-state index is 0.176. The van der Waals surface area contributed by atoms with E-state index >= 15 is 0 Å². The highest BCUT2D eigenvalue weighted by molar-refractivity contribution is 8.04. The summed E-state index contributed by atoms with van der Waals surface area (Å²) < 4.78 is 5.08. The number of ether oxygens (including phenoxy) is 1. The summed E-state index contributed by atoms with van der Waals surface area (Å²) in [5.41, 5.74) is 2.08. The van der Waals surface area contributed by atoms with E-state index in [1.807, 2.05) is 18.2 Å². The van der Waals surface area contributed by atoms with E-state index in [9.17, 15) is 9.59 Å². The van der Waals surface area contributed by atoms with Gasteiger partial charge >= 0.3 is 5.97 Å². The number of esters is 1. The maximum atomic E-state index is 12.4. The predicted octanol–water partition coefficient (Wildman–Crippen LogP) is 2.61. The molecule has 1 N–H and O–H groups in total. The van der Waals surface area contributed by atoms with Gasteiger partial charge in [0, 0.05) is 17.9 Å². The van der Waals surface area contributed by atoms with E-state index in [0.717, 1.165) is 17.0 Å². The Morgan fingerprint density at radius 2 is 2.09 bits per heavy atom. The second-order valence-electron chi connectivity index (χ2n) is 5.51. The van der Waals surface area contributed by atoms with Crippen LogP contribution in [0.3, 0.4) is 0 Å². The zero-order chi connectivity index (χ0) is 15.5. The summed E-state index contributed by atoms with van der Waals surface area (Å²) in [5.74, 6) is 0.673. The normalized spacial score (nSPS) is 24.5. The van der Waals surface area contributed by atoms with Gasteiger partial charge in [-0.3, -0.25) is 4.79 Å². The van der Waals surface area contributed by atoms with Gasteiger partial charge < -0.3 is 10.1 Å². The third-order valence-electron chi connectivity index (χ3n) is 3.99. The number of carbonyl (C=O) groups is 2. The monoisotopic (exact) mass is 317 g/mol. The van der Waals surface area contributed by atoms with Crippen LogP contribution in [0.5, 0.6) is 0 Å². The molecule has 4 nitrogen and oxygen atoms in total. The van der Waals surface area contributed by atoms with E-state index in [0.29, 0.717) is 18.8 Å². The lowest BCUT2D eigenvalue weighted by atomic mass is 9.85. The fourth-order valence-electron chi connectivity index (χ4n) is 2.94. The molecule has 0 amide bonds. The van der Waals surface area contributed by atoms with E-state index in [1.165, 1.54) is 17.3 Å². The molecule has 5 heteroatoms. The van der Waals surface area contributed by atoms with E-state index in [1.54, 1.807) is 6.92 Å². The van der Waals surface area contributed by atoms with Crippen LogP contribution < -0.4 is 5.32 Å². The number of carbonyl (C=O) groups excluding carboxylic acids is 2. The minimum Gasteiger partial charge on any atom is -0.464 e. The van der Waals surface area contributed by atoms with E-state index in [4.69, 9.17) is 4.74 Å². The van der Waals surface area contributed by atoms with Gasteiger partial charge in [0.25, 0.3) is 0 Å². The highest BCUT2D eigenvalue weighted by Crippen LogP contribution is 2.39. The molecule has 116 valence electrons. The second-order valence-corrected chi connectivity index (χ2v) is 6.54. The van der Waals surface area contributed by atoms with E-state index in [-0.39, 0.29) is 23.7 Å². The molecule has 1 aliphatic carbocycles. The van der Waals surface area contributed by atoms with Crippen molar-refractivity contribution in [2.75, 3.05) is 12.4 Å². The van der Waals surface area contributed by atoms with Crippen molar-refractivity contribution in [3.05, 3.63) is 46.5 Å². The number of hydrogen-bond acceptors (Lipinski definition) is 5. The molecule has 0 spiro atoms. The SMILES string of the molecule is CCOC(=O)C1CSC2=C(CC(c3ccccc3)CC2=O)N1. The predicted molar refractivity (Wildman–Crippen MR) is 86.5 cm³/mol. The molecule has 0 saturated heterocycles. The van der Waals surface area contributed by atoms with Gasteiger partial charge in [0.1, 0.15) is 6.04 Å². The van der Waals surface area contributed by atoms with Crippen molar-refractivity contribution >= 4 is 23.5 Å². The van der Waals surface area contributed by atoms with Crippen molar-refractivity contribution in [2.24, 2.45) is 0 Å². The molecule has 22 heavy (non-hydrogen) atoms. The van der Waals surface area contributed by atoms with Crippen LogP contribution >= 0.6 is 11.8 Å². The van der Waals surface area contributed by atoms with Crippen LogP contribution in [0.4, 0.5) is 0 Å². The average molecular weight is 317 g/mol. The fourth-order valence-corrected chi connectivity index (χ4v) is 4.05. The van der Waals surface area contributed by atoms with Crippen LogP contribution in [0.25, 0.3) is 0 Å². The molecule has 0 bridgehead atoms. The molecule has 0 fully saturated rings. The summed E-state index contributed by atoms with van der Waals surface area (Å²) in [6.45, 7) is 2.17. The van der Waals surface area contributed by atoms with Crippen LogP contribution in [-0.2, 0) is 14.3 Å². The fraction of sp³-hybridized carbons (Fsp3) is 0.412. The molecular weight excluding hydrogens is 298 g/mol. The van der Waals surface area contributed by atoms with Gasteiger partial charge in [-0.25, -0.2) is 4.79 Å². The van der Waals surface area contributed by atoms with Crippen molar-refractivity contribution in [3.8, 4) is 0 Å². The molecule has 0 saturated carbocycles. The van der Waals surface area contributed by atoms with Crippen molar-refractivity contribution in [1.29, 1.82) is 0 Å². The van der Waals surface area contributed by atoms with Gasteiger partial charge in [0.2, 0.25) is 0 Å². The first-order chi connectivity index (χ1) is 10.7. The smallest absolute Gasteiger partial charge is 0.329 e. The maximum Gasteiger partial charge on any atom is 0.329 e. The van der Waals surface area contributed by atoms with E-state index in [2.05, 4.69) is 17.4 Å². The van der Waals surface area contributed by atoms with Crippen molar-refractivity contribution < 1.29 is 14.3 Å². The molecule has 1 heterocycles. The Balaban J connectivity index is 1.78. The summed E-state index contributed by atoms with van der Waals surface area (Å²) in [4.78, 5) is 25.1. The molecule has 1 aromatic carbocycles. The van der Waals surface area contributed by atoms with Crippen LogP contribution in [0.1, 0.15) is 31.2 Å². The van der Waals surface area contributed by atoms with Gasteiger partial charge in [-0.2, -0.15) is 0 Å². The number of thioether (sulfide) groups is 1. The molecular formula is C17H19NO3S. The Labute approximate surface area is 134 Å². The minimum atomic E-state index is -0.356. The molecule has 3 rings (SSSR count). The highest BCUT2D eigenvalue weighted by Gasteiger charge is 2.35. The summed E-state index contributed by atoms with van der Waals surface area (Å²) in [6, 6.07) is 9.73. The lowest BCUT2D eigenvalue weighted by Gasteiger charge is -2.33. The maximum absolute atomic E-state index is 12.4. The molecule has 2 aliphatic rings. The van der Waals surface area contributed by atoms with Gasteiger partial charge in [0.15, 0.2) is 5.78 Å². The topological polar surface area (TPSA) is 55.4 Å². The van der Waals surface area contributed by atoms with Gasteiger partial charge in [-0.15, -0.1) is 11.8 Å². The van der Waals surface area contributed by atoms with Crippen LogP contribution in [0, 0.1) is 0 Å². The first kappa shape index (κ1) is 15.2. The number of benzene rings is 1. The summed E-state index contributed by atoms with van der Waals surface area (Å²) >= 11 is 1.48. The molecule has 1 aromatic rings. The molecule has 0 radical (unpaired) electrons. The van der Waals surface area contributed by atoms with Gasteiger partial charge in [0.05, 0.1) is 11.5 Å². The Kier molecular flexibility index (Phi) is 4.52. The lowest BCUT2D eigenvalue weighted by Crippen LogP contribution is -2.44. The zero-order valence-electron chi connectivity index (χ0n) is 12.5. The Morgan fingerprint density at radius 1 is 1.32 bits per heavy atom. The summed E-state index contributed by atoms with van der Waals surface area (Å²) in [5, 5.41) is 3.23. The average Bonchev–Trinajstić information content (AvgIpc) is 2.55. The van der Waals surface area contributed by atoms with Gasteiger partial charge in [-0.05, 0) is 24.8 Å². The molecule has 2 unspecified atom stereocenters. The van der Waals surface area contributed by atoms with Crippen LogP contribution in [0.15, 0.2) is 40.9 Å². The Bertz CT molecular complexity index is 612. The number of allylic oxidation sites excluding steroid dienone is 2. The van der Waals surface area contributed by atoms with E-state index < -0.39 is 0 Å². The number of nitrogens with one attached hydrogen (secondary N) is 1. The first-order valence-electron chi connectivity index (χ1n) is 7.56. The van der Waals surface area contributed by atoms with Crippen molar-refractivity contribution in [3.63, 3.8) is 0 Å². The number of hydrogen-bond donors (Lipinski definition) is 1.